The van der Waals surface area contributed by atoms with E-state index in [0.29, 0.717) is 5.02 Å². The lowest BCUT2D eigenvalue weighted by Crippen LogP contribution is -2.11. The minimum Gasteiger partial charge on any atom is -0.277 e. The Hall–Kier alpha value is -1.11. The summed E-state index contributed by atoms with van der Waals surface area (Å²) >= 11 is 5.70. The molecule has 0 aliphatic rings. The molecule has 0 heterocycles. The van der Waals surface area contributed by atoms with Crippen LogP contribution < -0.4 is 10.6 Å². The van der Waals surface area contributed by atoms with E-state index in [9.17, 15) is 8.76 Å². The zero-order valence-electron chi connectivity index (χ0n) is 8.31. The van der Waals surface area contributed by atoms with E-state index in [2.05, 4.69) is 0 Å². The standard InChI is InChI=1S/C12H9ClFOP/c13-10-6-8-12(9-7-10)16(14,15)11-4-2-1-3-5-11/h1-9H. The first-order valence-electron chi connectivity index (χ1n) is 4.72. The smallest absolute Gasteiger partial charge is 0.277 e. The zero-order chi connectivity index (χ0) is 11.6. The molecular weight excluding hydrogens is 246 g/mol. The summed E-state index contributed by atoms with van der Waals surface area (Å²) in [6.07, 6.45) is 0. The summed E-state index contributed by atoms with van der Waals surface area (Å²) in [6.45, 7) is 0. The fourth-order valence-corrected chi connectivity index (χ4v) is 2.91. The van der Waals surface area contributed by atoms with Gasteiger partial charge in [0, 0.05) is 15.6 Å². The summed E-state index contributed by atoms with van der Waals surface area (Å²) in [6, 6.07) is 14.1. The van der Waals surface area contributed by atoms with Gasteiger partial charge in [0.05, 0.1) is 0 Å². The van der Waals surface area contributed by atoms with Crippen LogP contribution in [0, 0.1) is 0 Å². The first kappa shape index (κ1) is 11.4. The Balaban J connectivity index is 2.47. The quantitative estimate of drug-likeness (QED) is 0.749. The van der Waals surface area contributed by atoms with Crippen LogP contribution in [0.2, 0.25) is 5.02 Å². The molecule has 1 nitrogen and oxygen atoms in total. The number of rotatable bonds is 2. The minimum atomic E-state index is -3.98. The molecule has 0 saturated carbocycles. The van der Waals surface area contributed by atoms with Crippen LogP contribution in [-0.4, -0.2) is 0 Å². The number of halogens is 2. The van der Waals surface area contributed by atoms with Gasteiger partial charge in [-0.1, -0.05) is 29.8 Å². The van der Waals surface area contributed by atoms with Crippen molar-refractivity contribution in [2.75, 3.05) is 0 Å². The van der Waals surface area contributed by atoms with Crippen LogP contribution in [0.5, 0.6) is 0 Å². The highest BCUT2D eigenvalue weighted by Crippen LogP contribution is 2.44. The molecule has 0 saturated heterocycles. The van der Waals surface area contributed by atoms with Crippen molar-refractivity contribution in [3.63, 3.8) is 0 Å². The minimum absolute atomic E-state index is 0.170. The second-order valence-corrected chi connectivity index (χ2v) is 5.88. The average molecular weight is 255 g/mol. The van der Waals surface area contributed by atoms with Gasteiger partial charge < -0.3 is 0 Å². The second-order valence-electron chi connectivity index (χ2n) is 3.34. The molecule has 16 heavy (non-hydrogen) atoms. The molecule has 1 unspecified atom stereocenters. The van der Waals surface area contributed by atoms with E-state index in [-0.39, 0.29) is 10.6 Å². The van der Waals surface area contributed by atoms with Crippen molar-refractivity contribution < 1.29 is 8.76 Å². The summed E-state index contributed by atoms with van der Waals surface area (Å²) < 4.78 is 26.2. The molecule has 0 amide bonds. The largest absolute Gasteiger partial charge is 0.300 e. The molecular formula is C12H9ClFOP. The predicted octanol–water partition coefficient (Wildman–Crippen LogP) is 3.54. The summed E-state index contributed by atoms with van der Waals surface area (Å²) in [7, 11) is -3.98. The van der Waals surface area contributed by atoms with E-state index >= 15 is 0 Å². The molecule has 2 rings (SSSR count). The van der Waals surface area contributed by atoms with Gasteiger partial charge in [-0.3, -0.25) is 4.57 Å². The summed E-state index contributed by atoms with van der Waals surface area (Å²) in [4.78, 5) is 0. The molecule has 0 aliphatic carbocycles. The molecule has 0 bridgehead atoms. The Bertz CT molecular complexity index is 524. The highest BCUT2D eigenvalue weighted by Gasteiger charge is 2.25. The van der Waals surface area contributed by atoms with Gasteiger partial charge in [-0.2, -0.15) is 4.20 Å². The Morgan fingerprint density at radius 2 is 1.38 bits per heavy atom. The SMILES string of the molecule is O=P(F)(c1ccccc1)c1ccc(Cl)cc1. The summed E-state index contributed by atoms with van der Waals surface area (Å²) in [5.41, 5.74) is 0. The molecule has 82 valence electrons. The maximum atomic E-state index is 14.2. The van der Waals surface area contributed by atoms with Crippen molar-refractivity contribution in [1.82, 2.24) is 0 Å². The maximum absolute atomic E-state index is 14.2. The first-order valence-corrected chi connectivity index (χ1v) is 6.70. The van der Waals surface area contributed by atoms with Crippen molar-refractivity contribution in [3.05, 3.63) is 59.6 Å². The second kappa shape index (κ2) is 4.40. The lowest BCUT2D eigenvalue weighted by Gasteiger charge is -2.09. The third kappa shape index (κ3) is 2.18. The van der Waals surface area contributed by atoms with Gasteiger partial charge in [-0.25, -0.2) is 0 Å². The monoisotopic (exact) mass is 254 g/mol. The van der Waals surface area contributed by atoms with Crippen LogP contribution in [0.25, 0.3) is 0 Å². The van der Waals surface area contributed by atoms with Crippen LogP contribution in [0.3, 0.4) is 0 Å². The van der Waals surface area contributed by atoms with Crippen LogP contribution in [0.4, 0.5) is 4.20 Å². The molecule has 0 fully saturated rings. The molecule has 4 heteroatoms. The van der Waals surface area contributed by atoms with Crippen LogP contribution >= 0.6 is 19.1 Å². The van der Waals surface area contributed by atoms with Crippen molar-refractivity contribution in [2.24, 2.45) is 0 Å². The van der Waals surface area contributed by atoms with E-state index in [1.807, 2.05) is 0 Å². The molecule has 0 spiro atoms. The van der Waals surface area contributed by atoms with Crippen LogP contribution in [0.1, 0.15) is 0 Å². The average Bonchev–Trinajstić information content (AvgIpc) is 2.31. The molecule has 0 aliphatic heterocycles. The van der Waals surface area contributed by atoms with Gasteiger partial charge in [0.25, 0.3) is 7.45 Å². The lowest BCUT2D eigenvalue weighted by atomic mass is 10.4. The molecule has 2 aromatic carbocycles. The van der Waals surface area contributed by atoms with E-state index < -0.39 is 7.45 Å². The van der Waals surface area contributed by atoms with E-state index in [1.165, 1.54) is 36.4 Å². The number of benzene rings is 2. The van der Waals surface area contributed by atoms with E-state index in [0.717, 1.165) is 0 Å². The Labute approximate surface area is 98.4 Å². The third-order valence-electron chi connectivity index (χ3n) is 2.25. The van der Waals surface area contributed by atoms with Crippen molar-refractivity contribution in [1.29, 1.82) is 0 Å². The van der Waals surface area contributed by atoms with Crippen LogP contribution in [-0.2, 0) is 4.57 Å². The van der Waals surface area contributed by atoms with Crippen molar-refractivity contribution in [3.8, 4) is 0 Å². The Morgan fingerprint density at radius 1 is 0.875 bits per heavy atom. The van der Waals surface area contributed by atoms with Crippen molar-refractivity contribution >= 4 is 29.7 Å². The summed E-state index contributed by atoms with van der Waals surface area (Å²) in [5, 5.41) is 0.872. The first-order chi connectivity index (χ1) is 7.60. The van der Waals surface area contributed by atoms with Crippen molar-refractivity contribution in [2.45, 2.75) is 0 Å². The predicted molar refractivity (Wildman–Crippen MR) is 65.9 cm³/mol. The number of hydrogen-bond acceptors (Lipinski definition) is 1. The fourth-order valence-electron chi connectivity index (χ4n) is 1.40. The van der Waals surface area contributed by atoms with Gasteiger partial charge >= 0.3 is 0 Å². The topological polar surface area (TPSA) is 17.1 Å². The van der Waals surface area contributed by atoms with E-state index in [1.54, 1.807) is 18.2 Å². The number of hydrogen-bond donors (Lipinski definition) is 0. The van der Waals surface area contributed by atoms with Gasteiger partial charge in [0.1, 0.15) is 0 Å². The fraction of sp³-hybridized carbons (Fsp3) is 0. The third-order valence-corrected chi connectivity index (χ3v) is 4.42. The summed E-state index contributed by atoms with van der Waals surface area (Å²) in [5.74, 6) is 0. The van der Waals surface area contributed by atoms with Crippen LogP contribution in [0.15, 0.2) is 54.6 Å². The Morgan fingerprint density at radius 3 is 1.94 bits per heavy atom. The molecule has 0 N–H and O–H groups in total. The van der Waals surface area contributed by atoms with Gasteiger partial charge in [-0.05, 0) is 36.4 Å². The molecule has 0 radical (unpaired) electrons. The zero-order valence-corrected chi connectivity index (χ0v) is 9.96. The molecule has 2 aromatic rings. The van der Waals surface area contributed by atoms with Gasteiger partial charge in [0.2, 0.25) is 0 Å². The molecule has 0 aromatic heterocycles. The highest BCUT2D eigenvalue weighted by atomic mass is 35.5. The highest BCUT2D eigenvalue weighted by molar-refractivity contribution is 7.74. The molecule has 1 atom stereocenters. The van der Waals surface area contributed by atoms with Gasteiger partial charge in [0.15, 0.2) is 0 Å². The van der Waals surface area contributed by atoms with Gasteiger partial charge in [-0.15, -0.1) is 0 Å². The Kier molecular flexibility index (Phi) is 3.13. The maximum Gasteiger partial charge on any atom is 0.300 e. The normalized spacial score (nSPS) is 14.4. The lowest BCUT2D eigenvalue weighted by molar-refractivity contribution is 0.558. The van der Waals surface area contributed by atoms with E-state index in [4.69, 9.17) is 11.6 Å².